The van der Waals surface area contributed by atoms with Crippen LogP contribution in [-0.2, 0) is 12.3 Å². The van der Waals surface area contributed by atoms with Gasteiger partial charge in [0.05, 0.1) is 18.2 Å². The minimum absolute atomic E-state index is 0.202. The molecule has 10 heteroatoms. The molecule has 0 aliphatic rings. The molecule has 34 heavy (non-hydrogen) atoms. The summed E-state index contributed by atoms with van der Waals surface area (Å²) in [5, 5.41) is 18.2. The van der Waals surface area contributed by atoms with Gasteiger partial charge in [0.25, 0.3) is 5.91 Å². The molecule has 0 spiro atoms. The van der Waals surface area contributed by atoms with Crippen molar-refractivity contribution in [3.8, 4) is 11.8 Å². The number of pyridine rings is 1. The van der Waals surface area contributed by atoms with Crippen LogP contribution in [0.2, 0.25) is 0 Å². The fourth-order valence-corrected chi connectivity index (χ4v) is 4.19. The third-order valence-corrected chi connectivity index (χ3v) is 5.97. The summed E-state index contributed by atoms with van der Waals surface area (Å²) < 4.78 is 7.54. The molecule has 0 aliphatic heterocycles. The number of rotatable bonds is 9. The number of hydrogen-bond donors (Lipinski definition) is 0. The number of benzene rings is 1. The van der Waals surface area contributed by atoms with Crippen molar-refractivity contribution in [1.82, 2.24) is 29.6 Å². The molecule has 0 radical (unpaired) electrons. The van der Waals surface area contributed by atoms with Gasteiger partial charge in [-0.15, -0.1) is 10.2 Å². The van der Waals surface area contributed by atoms with E-state index in [1.807, 2.05) is 54.8 Å². The summed E-state index contributed by atoms with van der Waals surface area (Å²) in [7, 11) is 0. The highest BCUT2D eigenvalue weighted by molar-refractivity contribution is 7.98. The highest BCUT2D eigenvalue weighted by Crippen LogP contribution is 2.25. The van der Waals surface area contributed by atoms with Gasteiger partial charge < -0.3 is 9.32 Å². The van der Waals surface area contributed by atoms with Crippen molar-refractivity contribution >= 4 is 17.7 Å². The van der Waals surface area contributed by atoms with E-state index < -0.39 is 0 Å². The summed E-state index contributed by atoms with van der Waals surface area (Å²) in [6, 6.07) is 13.9. The molecule has 0 saturated heterocycles. The average molecular weight is 474 g/mol. The number of nitriles is 1. The molecule has 1 aromatic carbocycles. The first-order valence-electron chi connectivity index (χ1n) is 10.7. The molecule has 0 saturated carbocycles. The number of aryl methyl sites for hydroxylation is 2. The molecule has 0 bridgehead atoms. The first-order chi connectivity index (χ1) is 16.5. The van der Waals surface area contributed by atoms with Gasteiger partial charge in [0.1, 0.15) is 12.1 Å². The van der Waals surface area contributed by atoms with E-state index in [2.05, 4.69) is 26.2 Å². The molecule has 0 aliphatic carbocycles. The number of thioether (sulfide) groups is 1. The Morgan fingerprint density at radius 1 is 1.21 bits per heavy atom. The van der Waals surface area contributed by atoms with E-state index in [0.717, 1.165) is 17.1 Å². The zero-order valence-corrected chi connectivity index (χ0v) is 19.7. The fraction of sp³-hybridized carbons (Fsp3) is 0.250. The normalized spacial score (nSPS) is 10.7. The van der Waals surface area contributed by atoms with Gasteiger partial charge in [0.2, 0.25) is 5.89 Å². The lowest BCUT2D eigenvalue weighted by molar-refractivity contribution is 0.0740. The van der Waals surface area contributed by atoms with Crippen LogP contribution in [0.1, 0.15) is 39.8 Å². The third kappa shape index (κ3) is 5.50. The van der Waals surface area contributed by atoms with Crippen LogP contribution in [-0.4, -0.2) is 42.1 Å². The zero-order chi connectivity index (χ0) is 23.9. The molecule has 4 aromatic rings. The summed E-state index contributed by atoms with van der Waals surface area (Å²) in [4.78, 5) is 23.1. The molecule has 172 valence electrons. The summed E-state index contributed by atoms with van der Waals surface area (Å²) in [5.41, 5.74) is 3.22. The summed E-state index contributed by atoms with van der Waals surface area (Å²) >= 11 is 1.43. The number of carbonyl (C=O) groups is 1. The van der Waals surface area contributed by atoms with Gasteiger partial charge in [-0.05, 0) is 37.6 Å². The highest BCUT2D eigenvalue weighted by Gasteiger charge is 2.21. The Kier molecular flexibility index (Phi) is 7.34. The Hall–Kier alpha value is -3.97. The SMILES string of the molecule is Cc1ccc(-n2c(C)nnc2SCc2nc(C(=O)N(CCC#N)Cc3cccnc3)co2)cc1. The van der Waals surface area contributed by atoms with Crippen LogP contribution in [0.3, 0.4) is 0 Å². The van der Waals surface area contributed by atoms with Crippen molar-refractivity contribution in [2.75, 3.05) is 6.54 Å². The quantitative estimate of drug-likeness (QED) is 0.334. The van der Waals surface area contributed by atoms with Gasteiger partial charge in [0.15, 0.2) is 10.9 Å². The molecule has 4 rings (SSSR count). The molecule has 3 heterocycles. The fourth-order valence-electron chi connectivity index (χ4n) is 3.34. The monoisotopic (exact) mass is 473 g/mol. The highest BCUT2D eigenvalue weighted by atomic mass is 32.2. The van der Waals surface area contributed by atoms with Crippen LogP contribution in [0.5, 0.6) is 0 Å². The smallest absolute Gasteiger partial charge is 0.276 e. The molecule has 3 aromatic heterocycles. The van der Waals surface area contributed by atoms with Crippen molar-refractivity contribution in [1.29, 1.82) is 5.26 Å². The van der Waals surface area contributed by atoms with E-state index >= 15 is 0 Å². The third-order valence-electron chi connectivity index (χ3n) is 5.06. The topological polar surface area (TPSA) is 114 Å². The lowest BCUT2D eigenvalue weighted by Gasteiger charge is -2.20. The van der Waals surface area contributed by atoms with E-state index in [9.17, 15) is 4.79 Å². The van der Waals surface area contributed by atoms with Gasteiger partial charge in [-0.25, -0.2) is 4.98 Å². The van der Waals surface area contributed by atoms with E-state index in [1.165, 1.54) is 23.6 Å². The first kappa shape index (κ1) is 23.2. The first-order valence-corrected chi connectivity index (χ1v) is 11.6. The van der Waals surface area contributed by atoms with Crippen LogP contribution in [0.25, 0.3) is 5.69 Å². The van der Waals surface area contributed by atoms with E-state index in [-0.39, 0.29) is 18.0 Å². The van der Waals surface area contributed by atoms with E-state index in [1.54, 1.807) is 17.3 Å². The number of oxazole rings is 1. The van der Waals surface area contributed by atoms with Gasteiger partial charge in [0, 0.05) is 31.2 Å². The predicted octanol–water partition coefficient (Wildman–Crippen LogP) is 4.12. The lowest BCUT2D eigenvalue weighted by Crippen LogP contribution is -2.31. The Labute approximate surface area is 201 Å². The van der Waals surface area contributed by atoms with Crippen molar-refractivity contribution < 1.29 is 9.21 Å². The van der Waals surface area contributed by atoms with E-state index in [0.29, 0.717) is 29.9 Å². The molecule has 9 nitrogen and oxygen atoms in total. The van der Waals surface area contributed by atoms with Crippen molar-refractivity contribution in [2.24, 2.45) is 0 Å². The van der Waals surface area contributed by atoms with Crippen molar-refractivity contribution in [3.05, 3.63) is 83.6 Å². The summed E-state index contributed by atoms with van der Waals surface area (Å²) in [6.45, 7) is 4.57. The van der Waals surface area contributed by atoms with Crippen LogP contribution in [0, 0.1) is 25.2 Å². The number of hydrogen-bond acceptors (Lipinski definition) is 8. The molecule has 0 N–H and O–H groups in total. The second kappa shape index (κ2) is 10.8. The maximum Gasteiger partial charge on any atom is 0.276 e. The molecule has 0 atom stereocenters. The van der Waals surface area contributed by atoms with Crippen molar-refractivity contribution in [3.63, 3.8) is 0 Å². The van der Waals surface area contributed by atoms with Crippen LogP contribution >= 0.6 is 11.8 Å². The second-order valence-corrected chi connectivity index (χ2v) is 8.55. The van der Waals surface area contributed by atoms with Gasteiger partial charge in [-0.1, -0.05) is 35.5 Å². The maximum absolute atomic E-state index is 13.1. The Bertz CT molecular complexity index is 1290. The Morgan fingerprint density at radius 2 is 2.03 bits per heavy atom. The molecular weight excluding hydrogens is 450 g/mol. The zero-order valence-electron chi connectivity index (χ0n) is 18.9. The van der Waals surface area contributed by atoms with Gasteiger partial charge in [-0.3, -0.25) is 14.3 Å². The predicted molar refractivity (Wildman–Crippen MR) is 126 cm³/mol. The largest absolute Gasteiger partial charge is 0.447 e. The molecular formula is C24H23N7O2S. The summed E-state index contributed by atoms with van der Waals surface area (Å²) in [6.07, 6.45) is 4.95. The minimum atomic E-state index is -0.294. The molecule has 0 unspecified atom stereocenters. The van der Waals surface area contributed by atoms with Crippen molar-refractivity contribution in [2.45, 2.75) is 37.7 Å². The molecule has 1 amide bonds. The second-order valence-electron chi connectivity index (χ2n) is 7.61. The number of carbonyl (C=O) groups excluding carboxylic acids is 1. The Balaban J connectivity index is 1.45. The molecule has 0 fully saturated rings. The van der Waals surface area contributed by atoms with E-state index in [4.69, 9.17) is 9.68 Å². The minimum Gasteiger partial charge on any atom is -0.447 e. The van der Waals surface area contributed by atoms with Gasteiger partial charge in [-0.2, -0.15) is 5.26 Å². The summed E-state index contributed by atoms with van der Waals surface area (Å²) in [5.74, 6) is 1.28. The van der Waals surface area contributed by atoms with Gasteiger partial charge >= 0.3 is 0 Å². The average Bonchev–Trinajstić information content (AvgIpc) is 3.48. The van der Waals surface area contributed by atoms with Crippen LogP contribution < -0.4 is 0 Å². The standard InChI is InChI=1S/C24H23N7O2S/c1-17-6-8-20(9-7-17)31-18(2)28-29-24(31)34-16-22-27-21(15-33-22)23(32)30(12-4-10-25)14-19-5-3-11-26-13-19/h3,5-9,11,13,15H,4,12,14,16H2,1-2H3. The number of aromatic nitrogens is 5. The number of nitrogens with zero attached hydrogens (tertiary/aromatic N) is 7. The Morgan fingerprint density at radius 3 is 2.76 bits per heavy atom. The maximum atomic E-state index is 13.1. The van der Waals surface area contributed by atoms with Crippen LogP contribution in [0.4, 0.5) is 0 Å². The number of amides is 1. The van der Waals surface area contributed by atoms with Crippen LogP contribution in [0.15, 0.2) is 64.6 Å². The lowest BCUT2D eigenvalue weighted by atomic mass is 10.2.